The van der Waals surface area contributed by atoms with E-state index in [2.05, 4.69) is 0 Å². The summed E-state index contributed by atoms with van der Waals surface area (Å²) in [6.07, 6.45) is 1.09. The Hall–Kier alpha value is -1.49. The molecule has 0 aliphatic rings. The van der Waals surface area contributed by atoms with Gasteiger partial charge in [0.05, 0.1) is 16.8 Å². The highest BCUT2D eigenvalue weighted by Crippen LogP contribution is 2.05. The van der Waals surface area contributed by atoms with Crippen LogP contribution in [0.15, 0.2) is 12.3 Å². The highest BCUT2D eigenvalue weighted by atomic mass is 35.5. The molecule has 0 spiro atoms. The summed E-state index contributed by atoms with van der Waals surface area (Å²) in [5.74, 6) is -0.801. The van der Waals surface area contributed by atoms with Crippen LogP contribution in [-0.2, 0) is 0 Å². The summed E-state index contributed by atoms with van der Waals surface area (Å²) < 4.78 is 0.433. The maximum Gasteiger partial charge on any atom is 0.252 e. The maximum atomic E-state index is 10.6. The van der Waals surface area contributed by atoms with Crippen molar-refractivity contribution in [3.8, 4) is 0 Å². The highest BCUT2D eigenvalue weighted by molar-refractivity contribution is 6.30. The largest absolute Gasteiger partial charge is 0.427 e. The molecular weight excluding hydrogens is 182 g/mol. The maximum absolute atomic E-state index is 10.6. The van der Waals surface area contributed by atoms with E-state index >= 15 is 0 Å². The molecule has 0 aromatic carbocycles. The number of amides is 1. The second-order valence-electron chi connectivity index (χ2n) is 2.13. The molecule has 5 nitrogen and oxygen atoms in total. The second-order valence-corrected chi connectivity index (χ2v) is 2.57. The average molecular weight is 188 g/mol. The van der Waals surface area contributed by atoms with Crippen LogP contribution in [0.2, 0.25) is 5.02 Å². The fourth-order valence-corrected chi connectivity index (χ4v) is 0.938. The third kappa shape index (κ3) is 1.40. The molecule has 0 bridgehead atoms. The molecule has 0 aliphatic heterocycles. The quantitative estimate of drug-likeness (QED) is 0.538. The van der Waals surface area contributed by atoms with Crippen molar-refractivity contribution in [2.45, 2.75) is 0 Å². The van der Waals surface area contributed by atoms with E-state index < -0.39 is 5.91 Å². The minimum atomic E-state index is -0.801. The summed E-state index contributed by atoms with van der Waals surface area (Å²) >= 11 is 5.49. The summed E-state index contributed by atoms with van der Waals surface area (Å²) in [4.78, 5) is 10.6. The number of nitrogens with two attached hydrogens (primary N) is 1. The lowest BCUT2D eigenvalue weighted by Crippen LogP contribution is -2.28. The Morgan fingerprint density at radius 2 is 2.33 bits per heavy atom. The summed E-state index contributed by atoms with van der Waals surface area (Å²) in [5, 5.41) is 16.3. The lowest BCUT2D eigenvalue weighted by molar-refractivity contribution is 0.0989. The first-order chi connectivity index (χ1) is 5.52. The van der Waals surface area contributed by atoms with Gasteiger partial charge in [0.15, 0.2) is 5.49 Å². The van der Waals surface area contributed by atoms with E-state index in [-0.39, 0.29) is 16.1 Å². The smallest absolute Gasteiger partial charge is 0.252 e. The monoisotopic (exact) mass is 187 g/mol. The number of nitrogens with one attached hydrogen (secondary N) is 1. The molecule has 0 radical (unpaired) electrons. The van der Waals surface area contributed by atoms with Crippen molar-refractivity contribution >= 4 is 17.5 Å². The SMILES string of the molecule is N=c1c(C(N)=O)cc(Cl)cn1O. The molecule has 1 aromatic rings. The Balaban J connectivity index is 3.49. The summed E-state index contributed by atoms with van der Waals surface area (Å²) in [6.45, 7) is 0. The number of aromatic nitrogens is 1. The number of carbonyl (C=O) groups is 1. The van der Waals surface area contributed by atoms with Crippen molar-refractivity contribution in [3.05, 3.63) is 28.3 Å². The van der Waals surface area contributed by atoms with Crippen molar-refractivity contribution in [1.82, 2.24) is 4.73 Å². The first kappa shape index (κ1) is 8.61. The molecule has 0 aliphatic carbocycles. The van der Waals surface area contributed by atoms with Gasteiger partial charge in [-0.05, 0) is 6.07 Å². The second kappa shape index (κ2) is 2.86. The Bertz CT molecular complexity index is 385. The van der Waals surface area contributed by atoms with E-state index in [0.29, 0.717) is 4.73 Å². The zero-order valence-electron chi connectivity index (χ0n) is 5.91. The van der Waals surface area contributed by atoms with Gasteiger partial charge in [-0.1, -0.05) is 11.6 Å². The van der Waals surface area contributed by atoms with Crippen LogP contribution in [0.1, 0.15) is 10.4 Å². The Labute approximate surface area is 72.5 Å². The number of pyridine rings is 1. The molecule has 1 aromatic heterocycles. The normalized spacial score (nSPS) is 9.75. The minimum absolute atomic E-state index is 0.120. The summed E-state index contributed by atoms with van der Waals surface area (Å²) in [5.41, 5.74) is 4.41. The van der Waals surface area contributed by atoms with Gasteiger partial charge in [-0.3, -0.25) is 10.2 Å². The Morgan fingerprint density at radius 1 is 1.75 bits per heavy atom. The van der Waals surface area contributed by atoms with E-state index in [0.717, 1.165) is 6.20 Å². The molecule has 12 heavy (non-hydrogen) atoms. The number of hydrogen-bond acceptors (Lipinski definition) is 3. The molecule has 0 saturated heterocycles. The van der Waals surface area contributed by atoms with Crippen molar-refractivity contribution in [3.63, 3.8) is 0 Å². The molecule has 1 heterocycles. The van der Waals surface area contributed by atoms with Gasteiger partial charge in [-0.15, -0.1) is 0 Å². The molecule has 6 heteroatoms. The van der Waals surface area contributed by atoms with Gasteiger partial charge < -0.3 is 10.9 Å². The predicted octanol–water partition coefficient (Wildman–Crippen LogP) is -0.0428. The zero-order chi connectivity index (χ0) is 9.30. The zero-order valence-corrected chi connectivity index (χ0v) is 6.67. The molecular formula is C6H6ClN3O2. The van der Waals surface area contributed by atoms with Crippen molar-refractivity contribution in [2.75, 3.05) is 0 Å². The third-order valence-electron chi connectivity index (χ3n) is 1.28. The molecule has 0 saturated carbocycles. The van der Waals surface area contributed by atoms with Gasteiger partial charge in [0.25, 0.3) is 5.91 Å². The summed E-state index contributed by atoms with van der Waals surface area (Å²) in [7, 11) is 0. The predicted molar refractivity (Wildman–Crippen MR) is 41.0 cm³/mol. The molecule has 0 fully saturated rings. The van der Waals surface area contributed by atoms with Crippen LogP contribution in [0, 0.1) is 5.41 Å². The standard InChI is InChI=1S/C6H6ClN3O2/c7-3-1-4(6(9)11)5(8)10(12)2-3/h1-2,8,12H,(H2,9,11). The van der Waals surface area contributed by atoms with E-state index in [1.807, 2.05) is 0 Å². The van der Waals surface area contributed by atoms with Crippen LogP contribution in [0.3, 0.4) is 0 Å². The van der Waals surface area contributed by atoms with Crippen LogP contribution in [-0.4, -0.2) is 15.8 Å². The van der Waals surface area contributed by atoms with E-state index in [4.69, 9.17) is 28.0 Å². The first-order valence-corrected chi connectivity index (χ1v) is 3.36. The molecule has 1 amide bonds. The fourth-order valence-electron chi connectivity index (χ4n) is 0.736. The third-order valence-corrected chi connectivity index (χ3v) is 1.48. The highest BCUT2D eigenvalue weighted by Gasteiger charge is 2.06. The van der Waals surface area contributed by atoms with E-state index in [1.54, 1.807) is 0 Å². The number of halogens is 1. The van der Waals surface area contributed by atoms with Crippen LogP contribution >= 0.6 is 11.6 Å². The van der Waals surface area contributed by atoms with Gasteiger partial charge in [0, 0.05) is 0 Å². The molecule has 1 rings (SSSR count). The van der Waals surface area contributed by atoms with Crippen molar-refractivity contribution < 1.29 is 10.0 Å². The number of carbonyl (C=O) groups excluding carboxylic acids is 1. The molecule has 64 valence electrons. The first-order valence-electron chi connectivity index (χ1n) is 2.98. The molecule has 0 atom stereocenters. The Kier molecular flexibility index (Phi) is 2.05. The van der Waals surface area contributed by atoms with Gasteiger partial charge >= 0.3 is 0 Å². The van der Waals surface area contributed by atoms with Crippen LogP contribution in [0.25, 0.3) is 0 Å². The number of nitrogens with zero attached hydrogens (tertiary/aromatic N) is 1. The van der Waals surface area contributed by atoms with Crippen LogP contribution < -0.4 is 11.2 Å². The summed E-state index contributed by atoms with van der Waals surface area (Å²) in [6, 6.07) is 1.22. The average Bonchev–Trinajstić information content (AvgIpc) is 1.96. The fraction of sp³-hybridized carbons (Fsp3) is 0. The molecule has 4 N–H and O–H groups in total. The van der Waals surface area contributed by atoms with Crippen LogP contribution in [0.5, 0.6) is 0 Å². The van der Waals surface area contributed by atoms with E-state index in [1.165, 1.54) is 6.07 Å². The topological polar surface area (TPSA) is 92.1 Å². The minimum Gasteiger partial charge on any atom is -0.427 e. The van der Waals surface area contributed by atoms with E-state index in [9.17, 15) is 4.79 Å². The van der Waals surface area contributed by atoms with Gasteiger partial charge in [-0.25, -0.2) is 0 Å². The number of primary amides is 1. The van der Waals surface area contributed by atoms with Gasteiger partial charge in [0.1, 0.15) is 0 Å². The lowest BCUT2D eigenvalue weighted by atomic mass is 10.2. The van der Waals surface area contributed by atoms with Gasteiger partial charge in [0.2, 0.25) is 0 Å². The number of hydrogen-bond donors (Lipinski definition) is 3. The number of rotatable bonds is 1. The molecule has 0 unspecified atom stereocenters. The van der Waals surface area contributed by atoms with Crippen molar-refractivity contribution in [2.24, 2.45) is 5.73 Å². The van der Waals surface area contributed by atoms with Gasteiger partial charge in [-0.2, -0.15) is 4.73 Å². The van der Waals surface area contributed by atoms with Crippen LogP contribution in [0.4, 0.5) is 0 Å². The van der Waals surface area contributed by atoms with Crippen molar-refractivity contribution in [1.29, 1.82) is 5.41 Å². The lowest BCUT2D eigenvalue weighted by Gasteiger charge is -2.01. The Morgan fingerprint density at radius 3 is 2.83 bits per heavy atom.